The van der Waals surface area contributed by atoms with Crippen molar-refractivity contribution in [3.8, 4) is 17.2 Å². The molecule has 0 aliphatic carbocycles. The summed E-state index contributed by atoms with van der Waals surface area (Å²) in [6.07, 6.45) is 1.63. The number of nitrogens with zero attached hydrogens (tertiary/aromatic N) is 3. The zero-order valence-corrected chi connectivity index (χ0v) is 15.8. The van der Waals surface area contributed by atoms with E-state index in [9.17, 15) is 4.79 Å². The van der Waals surface area contributed by atoms with Crippen LogP contribution >= 0.6 is 23.4 Å². The van der Waals surface area contributed by atoms with Crippen molar-refractivity contribution in [2.75, 3.05) is 20.0 Å². The Morgan fingerprint density at radius 2 is 1.85 bits per heavy atom. The Hall–Kier alpha value is -2.51. The van der Waals surface area contributed by atoms with Gasteiger partial charge in [-0.3, -0.25) is 4.79 Å². The standard InChI is InChI=1S/C18H16ClN3O3S/c1-24-16-8-3-12(9-17(16)25-2)15(23)11-26-18-10-20-21-22(18)14-6-4-13(19)5-7-14/h3-10H,11H2,1-2H3. The van der Waals surface area contributed by atoms with Crippen molar-refractivity contribution in [1.29, 1.82) is 0 Å². The summed E-state index contributed by atoms with van der Waals surface area (Å²) in [5.74, 6) is 1.33. The maximum Gasteiger partial charge on any atom is 0.173 e. The van der Waals surface area contributed by atoms with Crippen LogP contribution in [0, 0.1) is 0 Å². The van der Waals surface area contributed by atoms with Crippen LogP contribution in [0.4, 0.5) is 0 Å². The lowest BCUT2D eigenvalue weighted by atomic mass is 10.1. The first-order chi connectivity index (χ1) is 12.6. The van der Waals surface area contributed by atoms with Crippen molar-refractivity contribution in [2.45, 2.75) is 5.03 Å². The fraction of sp³-hybridized carbons (Fsp3) is 0.167. The van der Waals surface area contributed by atoms with E-state index in [2.05, 4.69) is 10.3 Å². The van der Waals surface area contributed by atoms with Crippen LogP contribution in [0.1, 0.15) is 10.4 Å². The normalized spacial score (nSPS) is 10.6. The Balaban J connectivity index is 1.73. The van der Waals surface area contributed by atoms with Gasteiger partial charge in [-0.25, -0.2) is 4.68 Å². The van der Waals surface area contributed by atoms with E-state index in [0.717, 1.165) is 10.7 Å². The van der Waals surface area contributed by atoms with Crippen LogP contribution in [0.15, 0.2) is 53.7 Å². The smallest absolute Gasteiger partial charge is 0.173 e. The number of benzene rings is 2. The zero-order chi connectivity index (χ0) is 18.5. The molecule has 0 N–H and O–H groups in total. The van der Waals surface area contributed by atoms with Gasteiger partial charge in [0, 0.05) is 10.6 Å². The second-order valence-corrected chi connectivity index (χ2v) is 6.67. The average molecular weight is 390 g/mol. The van der Waals surface area contributed by atoms with Crippen molar-refractivity contribution in [3.63, 3.8) is 0 Å². The summed E-state index contributed by atoms with van der Waals surface area (Å²) < 4.78 is 12.1. The molecule has 0 bridgehead atoms. The summed E-state index contributed by atoms with van der Waals surface area (Å²) in [5, 5.41) is 9.41. The highest BCUT2D eigenvalue weighted by Gasteiger charge is 2.14. The number of hydrogen-bond acceptors (Lipinski definition) is 6. The fourth-order valence-electron chi connectivity index (χ4n) is 2.32. The number of carbonyl (C=O) groups excluding carboxylic acids is 1. The number of halogens is 1. The third-order valence-electron chi connectivity index (χ3n) is 3.65. The molecule has 2 aromatic carbocycles. The van der Waals surface area contributed by atoms with E-state index in [4.69, 9.17) is 21.1 Å². The second-order valence-electron chi connectivity index (χ2n) is 5.24. The number of hydrogen-bond donors (Lipinski definition) is 0. The van der Waals surface area contributed by atoms with E-state index in [1.807, 2.05) is 12.1 Å². The number of carbonyl (C=O) groups is 1. The molecule has 0 aliphatic rings. The van der Waals surface area contributed by atoms with Crippen LogP contribution < -0.4 is 9.47 Å². The van der Waals surface area contributed by atoms with Crippen LogP contribution in [-0.2, 0) is 0 Å². The largest absolute Gasteiger partial charge is 0.493 e. The fourth-order valence-corrected chi connectivity index (χ4v) is 3.28. The highest BCUT2D eigenvalue weighted by atomic mass is 35.5. The first-order valence-electron chi connectivity index (χ1n) is 7.67. The van der Waals surface area contributed by atoms with Gasteiger partial charge in [0.05, 0.1) is 31.9 Å². The first kappa shape index (κ1) is 18.3. The van der Waals surface area contributed by atoms with Gasteiger partial charge in [-0.05, 0) is 42.5 Å². The molecule has 0 spiro atoms. The Bertz CT molecular complexity index is 912. The van der Waals surface area contributed by atoms with Gasteiger partial charge in [0.1, 0.15) is 5.03 Å². The van der Waals surface area contributed by atoms with Gasteiger partial charge in [-0.1, -0.05) is 28.6 Å². The number of methoxy groups -OCH3 is 2. The minimum atomic E-state index is -0.0280. The monoisotopic (exact) mass is 389 g/mol. The summed E-state index contributed by atoms with van der Waals surface area (Å²) in [7, 11) is 3.09. The molecule has 0 saturated carbocycles. The molecule has 1 aromatic heterocycles. The summed E-state index contributed by atoms with van der Waals surface area (Å²) in [4.78, 5) is 12.5. The van der Waals surface area contributed by atoms with Gasteiger partial charge < -0.3 is 9.47 Å². The highest BCUT2D eigenvalue weighted by molar-refractivity contribution is 7.99. The van der Waals surface area contributed by atoms with Crippen molar-refractivity contribution >= 4 is 29.1 Å². The van der Waals surface area contributed by atoms with E-state index < -0.39 is 0 Å². The molecule has 26 heavy (non-hydrogen) atoms. The molecular formula is C18H16ClN3O3S. The van der Waals surface area contributed by atoms with Crippen molar-refractivity contribution in [2.24, 2.45) is 0 Å². The highest BCUT2D eigenvalue weighted by Crippen LogP contribution is 2.29. The molecule has 6 nitrogen and oxygen atoms in total. The lowest BCUT2D eigenvalue weighted by Gasteiger charge is -2.09. The Morgan fingerprint density at radius 1 is 1.12 bits per heavy atom. The molecule has 0 radical (unpaired) electrons. The quantitative estimate of drug-likeness (QED) is 0.451. The van der Waals surface area contributed by atoms with E-state index in [1.165, 1.54) is 18.9 Å². The molecule has 0 atom stereocenters. The molecular weight excluding hydrogens is 374 g/mol. The molecule has 3 rings (SSSR count). The summed E-state index contributed by atoms with van der Waals surface area (Å²) in [5.41, 5.74) is 1.38. The van der Waals surface area contributed by atoms with Gasteiger partial charge >= 0.3 is 0 Å². The summed E-state index contributed by atoms with van der Waals surface area (Å²) in [6, 6.07) is 12.4. The Morgan fingerprint density at radius 3 is 2.54 bits per heavy atom. The van der Waals surface area contributed by atoms with E-state index in [-0.39, 0.29) is 11.5 Å². The number of ketones is 1. The SMILES string of the molecule is COc1ccc(C(=O)CSc2cnnn2-c2ccc(Cl)cc2)cc1OC. The number of rotatable bonds is 7. The third kappa shape index (κ3) is 4.00. The Labute approximate surface area is 160 Å². The Kier molecular flexibility index (Phi) is 5.80. The van der Waals surface area contributed by atoms with Crippen LogP contribution in [0.3, 0.4) is 0 Å². The molecule has 0 fully saturated rings. The lowest BCUT2D eigenvalue weighted by molar-refractivity contribution is 0.102. The topological polar surface area (TPSA) is 66.2 Å². The van der Waals surface area contributed by atoms with E-state index in [1.54, 1.807) is 48.3 Å². The minimum Gasteiger partial charge on any atom is -0.493 e. The molecule has 3 aromatic rings. The van der Waals surface area contributed by atoms with Gasteiger partial charge in [0.2, 0.25) is 0 Å². The first-order valence-corrected chi connectivity index (χ1v) is 9.03. The average Bonchev–Trinajstić information content (AvgIpc) is 3.14. The maximum absolute atomic E-state index is 12.5. The molecule has 134 valence electrons. The number of ether oxygens (including phenoxy) is 2. The second kappa shape index (κ2) is 8.25. The molecule has 0 aliphatic heterocycles. The van der Waals surface area contributed by atoms with Crippen LogP contribution in [0.25, 0.3) is 5.69 Å². The lowest BCUT2D eigenvalue weighted by Crippen LogP contribution is -2.05. The van der Waals surface area contributed by atoms with Crippen molar-refractivity contribution < 1.29 is 14.3 Å². The molecule has 8 heteroatoms. The third-order valence-corrected chi connectivity index (χ3v) is 4.88. The van der Waals surface area contributed by atoms with Crippen molar-refractivity contribution in [1.82, 2.24) is 15.0 Å². The van der Waals surface area contributed by atoms with Crippen LogP contribution in [-0.4, -0.2) is 40.7 Å². The van der Waals surface area contributed by atoms with Crippen LogP contribution in [0.5, 0.6) is 11.5 Å². The molecule has 0 unspecified atom stereocenters. The van der Waals surface area contributed by atoms with Crippen LogP contribution in [0.2, 0.25) is 5.02 Å². The summed E-state index contributed by atoms with van der Waals surface area (Å²) >= 11 is 7.28. The zero-order valence-electron chi connectivity index (χ0n) is 14.2. The predicted molar refractivity (Wildman–Crippen MR) is 101 cm³/mol. The predicted octanol–water partition coefficient (Wildman–Crippen LogP) is 3.91. The number of Topliss-reactive ketones (excluding diaryl/α,β-unsaturated/α-hetero) is 1. The van der Waals surface area contributed by atoms with Gasteiger partial charge in [-0.2, -0.15) is 0 Å². The number of thioether (sulfide) groups is 1. The van der Waals surface area contributed by atoms with Crippen molar-refractivity contribution in [3.05, 3.63) is 59.2 Å². The van der Waals surface area contributed by atoms with Gasteiger partial charge in [0.25, 0.3) is 0 Å². The molecule has 0 amide bonds. The van der Waals surface area contributed by atoms with Gasteiger partial charge in [0.15, 0.2) is 17.3 Å². The minimum absolute atomic E-state index is 0.0280. The van der Waals surface area contributed by atoms with Gasteiger partial charge in [-0.15, -0.1) is 5.10 Å². The van der Waals surface area contributed by atoms with E-state index in [0.29, 0.717) is 22.1 Å². The summed E-state index contributed by atoms with van der Waals surface area (Å²) in [6.45, 7) is 0. The van der Waals surface area contributed by atoms with E-state index >= 15 is 0 Å². The maximum atomic E-state index is 12.5. The molecule has 0 saturated heterocycles. The molecule has 1 heterocycles. The number of aromatic nitrogens is 3.